The summed E-state index contributed by atoms with van der Waals surface area (Å²) in [6.45, 7) is 1.91. The first-order valence-corrected chi connectivity index (χ1v) is 6.73. The molecular formula is C15H16N2O3. The van der Waals surface area contributed by atoms with Crippen LogP contribution in [0.25, 0.3) is 10.8 Å². The number of rotatable bonds is 3. The Morgan fingerprint density at radius 1 is 1.30 bits per heavy atom. The van der Waals surface area contributed by atoms with Gasteiger partial charge < -0.3 is 15.2 Å². The van der Waals surface area contributed by atoms with E-state index in [0.717, 1.165) is 36.7 Å². The fourth-order valence-electron chi connectivity index (χ4n) is 2.45. The molecule has 1 saturated heterocycles. The summed E-state index contributed by atoms with van der Waals surface area (Å²) in [7, 11) is 0. The van der Waals surface area contributed by atoms with Gasteiger partial charge in [0.2, 0.25) is 5.88 Å². The van der Waals surface area contributed by atoms with E-state index in [1.807, 2.05) is 0 Å². The Labute approximate surface area is 116 Å². The van der Waals surface area contributed by atoms with E-state index in [-0.39, 0.29) is 11.7 Å². The maximum atomic E-state index is 11.0. The summed E-state index contributed by atoms with van der Waals surface area (Å²) in [4.78, 5) is 15.3. The van der Waals surface area contributed by atoms with Crippen LogP contribution in [0.5, 0.6) is 5.88 Å². The minimum atomic E-state index is -0.926. The summed E-state index contributed by atoms with van der Waals surface area (Å²) in [5.41, 5.74) is 0.275. The van der Waals surface area contributed by atoms with Crippen molar-refractivity contribution < 1.29 is 14.6 Å². The third-order valence-corrected chi connectivity index (χ3v) is 3.54. The average Bonchev–Trinajstić information content (AvgIpc) is 2.48. The predicted octanol–water partition coefficient (Wildman–Crippen LogP) is 2.06. The molecule has 2 N–H and O–H groups in total. The largest absolute Gasteiger partial charge is 0.478 e. The van der Waals surface area contributed by atoms with Gasteiger partial charge in [-0.05, 0) is 55.6 Å². The standard InChI is InChI=1S/C15H16N2O3/c18-15(19)11-1-2-13-10(9-11)3-8-17-14(13)20-12-4-6-16-7-5-12/h1-3,8-9,12,16H,4-7H2,(H,18,19). The van der Waals surface area contributed by atoms with Crippen LogP contribution in [0.15, 0.2) is 30.5 Å². The Hall–Kier alpha value is -2.14. The van der Waals surface area contributed by atoms with Crippen LogP contribution < -0.4 is 10.1 Å². The number of nitrogens with zero attached hydrogens (tertiary/aromatic N) is 1. The molecule has 1 aliphatic rings. The van der Waals surface area contributed by atoms with Gasteiger partial charge in [-0.2, -0.15) is 0 Å². The summed E-state index contributed by atoms with van der Waals surface area (Å²) in [6.07, 6.45) is 3.76. The zero-order valence-electron chi connectivity index (χ0n) is 11.0. The summed E-state index contributed by atoms with van der Waals surface area (Å²) in [5.74, 6) is -0.337. The fourth-order valence-corrected chi connectivity index (χ4v) is 2.45. The highest BCUT2D eigenvalue weighted by atomic mass is 16.5. The van der Waals surface area contributed by atoms with E-state index in [1.165, 1.54) is 0 Å². The van der Waals surface area contributed by atoms with E-state index in [1.54, 1.807) is 30.5 Å². The molecule has 1 aliphatic heterocycles. The van der Waals surface area contributed by atoms with E-state index in [9.17, 15) is 4.79 Å². The number of carbonyl (C=O) groups is 1. The van der Waals surface area contributed by atoms with Gasteiger partial charge in [0.05, 0.1) is 5.56 Å². The molecule has 5 nitrogen and oxygen atoms in total. The van der Waals surface area contributed by atoms with E-state index in [4.69, 9.17) is 9.84 Å². The summed E-state index contributed by atoms with van der Waals surface area (Å²) >= 11 is 0. The molecule has 0 radical (unpaired) electrons. The summed E-state index contributed by atoms with van der Waals surface area (Å²) in [5, 5.41) is 14.0. The van der Waals surface area contributed by atoms with Gasteiger partial charge in [-0.1, -0.05) is 0 Å². The van der Waals surface area contributed by atoms with Crippen LogP contribution in [0, 0.1) is 0 Å². The quantitative estimate of drug-likeness (QED) is 0.895. The average molecular weight is 272 g/mol. The number of piperidine rings is 1. The molecule has 104 valence electrons. The van der Waals surface area contributed by atoms with Gasteiger partial charge in [0.15, 0.2) is 0 Å². The second kappa shape index (κ2) is 5.46. The lowest BCUT2D eigenvalue weighted by Crippen LogP contribution is -2.34. The summed E-state index contributed by atoms with van der Waals surface area (Å²) < 4.78 is 5.97. The Morgan fingerprint density at radius 3 is 2.85 bits per heavy atom. The molecule has 2 aromatic rings. The van der Waals surface area contributed by atoms with Crippen molar-refractivity contribution >= 4 is 16.7 Å². The topological polar surface area (TPSA) is 71.5 Å². The molecule has 5 heteroatoms. The molecule has 1 aromatic carbocycles. The molecule has 0 saturated carbocycles. The lowest BCUT2D eigenvalue weighted by atomic mass is 10.1. The summed E-state index contributed by atoms with van der Waals surface area (Å²) in [6, 6.07) is 6.80. The minimum absolute atomic E-state index is 0.175. The highest BCUT2D eigenvalue weighted by Gasteiger charge is 2.16. The molecule has 0 bridgehead atoms. The second-order valence-electron chi connectivity index (χ2n) is 4.92. The number of hydrogen-bond donors (Lipinski definition) is 2. The molecule has 2 heterocycles. The van der Waals surface area contributed by atoms with Gasteiger partial charge in [0.25, 0.3) is 0 Å². The van der Waals surface area contributed by atoms with E-state index in [0.29, 0.717) is 5.88 Å². The number of ether oxygens (including phenoxy) is 1. The number of nitrogens with one attached hydrogen (secondary N) is 1. The highest BCUT2D eigenvalue weighted by Crippen LogP contribution is 2.26. The molecule has 0 atom stereocenters. The molecule has 0 unspecified atom stereocenters. The number of hydrogen-bond acceptors (Lipinski definition) is 4. The first-order valence-electron chi connectivity index (χ1n) is 6.73. The van der Waals surface area contributed by atoms with E-state index in [2.05, 4.69) is 10.3 Å². The van der Waals surface area contributed by atoms with Crippen molar-refractivity contribution in [2.45, 2.75) is 18.9 Å². The fraction of sp³-hybridized carbons (Fsp3) is 0.333. The Kier molecular flexibility index (Phi) is 3.52. The smallest absolute Gasteiger partial charge is 0.335 e. The van der Waals surface area contributed by atoms with Crippen molar-refractivity contribution in [3.8, 4) is 5.88 Å². The molecule has 3 rings (SSSR count). The Morgan fingerprint density at radius 2 is 2.10 bits per heavy atom. The number of aromatic carboxylic acids is 1. The van der Waals surface area contributed by atoms with Gasteiger partial charge in [-0.3, -0.25) is 0 Å². The Bertz CT molecular complexity index is 636. The van der Waals surface area contributed by atoms with Crippen LogP contribution in [0.4, 0.5) is 0 Å². The van der Waals surface area contributed by atoms with Crippen molar-refractivity contribution in [1.29, 1.82) is 0 Å². The monoisotopic (exact) mass is 272 g/mol. The molecule has 20 heavy (non-hydrogen) atoms. The number of carboxylic acids is 1. The molecule has 0 aliphatic carbocycles. The van der Waals surface area contributed by atoms with Crippen molar-refractivity contribution in [1.82, 2.24) is 10.3 Å². The van der Waals surface area contributed by atoms with Crippen LogP contribution in [-0.2, 0) is 0 Å². The van der Waals surface area contributed by atoms with Gasteiger partial charge in [-0.25, -0.2) is 9.78 Å². The first-order chi connectivity index (χ1) is 9.74. The van der Waals surface area contributed by atoms with Gasteiger partial charge in [0, 0.05) is 11.6 Å². The zero-order chi connectivity index (χ0) is 13.9. The van der Waals surface area contributed by atoms with Crippen LogP contribution in [0.3, 0.4) is 0 Å². The van der Waals surface area contributed by atoms with Crippen LogP contribution in [0.2, 0.25) is 0 Å². The maximum absolute atomic E-state index is 11.0. The van der Waals surface area contributed by atoms with Gasteiger partial charge in [0.1, 0.15) is 6.10 Å². The predicted molar refractivity (Wildman–Crippen MR) is 75.2 cm³/mol. The van der Waals surface area contributed by atoms with Crippen LogP contribution >= 0.6 is 0 Å². The Balaban J connectivity index is 1.92. The van der Waals surface area contributed by atoms with Crippen molar-refractivity contribution in [2.75, 3.05) is 13.1 Å². The number of aromatic nitrogens is 1. The molecule has 1 fully saturated rings. The van der Waals surface area contributed by atoms with E-state index < -0.39 is 5.97 Å². The van der Waals surface area contributed by atoms with Crippen LogP contribution in [-0.4, -0.2) is 35.3 Å². The van der Waals surface area contributed by atoms with Gasteiger partial charge in [-0.15, -0.1) is 0 Å². The third-order valence-electron chi connectivity index (χ3n) is 3.54. The van der Waals surface area contributed by atoms with Crippen molar-refractivity contribution in [3.63, 3.8) is 0 Å². The third kappa shape index (κ3) is 2.58. The molecular weight excluding hydrogens is 256 g/mol. The number of carboxylic acid groups (broad SMARTS) is 1. The number of benzene rings is 1. The van der Waals surface area contributed by atoms with Crippen molar-refractivity contribution in [3.05, 3.63) is 36.0 Å². The lowest BCUT2D eigenvalue weighted by Gasteiger charge is -2.23. The number of fused-ring (bicyclic) bond motifs is 1. The maximum Gasteiger partial charge on any atom is 0.335 e. The zero-order valence-corrected chi connectivity index (χ0v) is 11.0. The van der Waals surface area contributed by atoms with Crippen molar-refractivity contribution in [2.24, 2.45) is 0 Å². The minimum Gasteiger partial charge on any atom is -0.478 e. The van der Waals surface area contributed by atoms with E-state index >= 15 is 0 Å². The second-order valence-corrected chi connectivity index (χ2v) is 4.92. The molecule has 0 amide bonds. The molecule has 0 spiro atoms. The normalized spacial score (nSPS) is 16.2. The van der Waals surface area contributed by atoms with Gasteiger partial charge >= 0.3 is 5.97 Å². The SMILES string of the molecule is O=C(O)c1ccc2c(OC3CCNCC3)nccc2c1. The lowest BCUT2D eigenvalue weighted by molar-refractivity contribution is 0.0697. The molecule has 1 aromatic heterocycles. The first kappa shape index (κ1) is 12.9. The van der Waals surface area contributed by atoms with Crippen LogP contribution in [0.1, 0.15) is 23.2 Å². The highest BCUT2D eigenvalue weighted by molar-refractivity contribution is 5.95. The number of pyridine rings is 1.